The lowest BCUT2D eigenvalue weighted by molar-refractivity contribution is 0.137. The number of ether oxygens (including phenoxy) is 2. The number of aromatic nitrogens is 1. The summed E-state index contributed by atoms with van der Waals surface area (Å²) in [6.07, 6.45) is 0.488. The lowest BCUT2D eigenvalue weighted by Gasteiger charge is -2.07. The van der Waals surface area contributed by atoms with Crippen LogP contribution < -0.4 is 10.5 Å². The van der Waals surface area contributed by atoms with Gasteiger partial charge >= 0.3 is 6.09 Å². The average molecular weight is 367 g/mol. The normalized spacial score (nSPS) is 10.8. The molecule has 27 heavy (non-hydrogen) atoms. The maximum Gasteiger partial charge on any atom is 0.404 e. The smallest absolute Gasteiger partial charge is 0.404 e. The second-order valence-electron chi connectivity index (χ2n) is 5.59. The van der Waals surface area contributed by atoms with E-state index in [1.54, 1.807) is 6.07 Å². The van der Waals surface area contributed by atoms with E-state index in [-0.39, 0.29) is 6.61 Å². The number of amides is 1. The van der Waals surface area contributed by atoms with Crippen LogP contribution >= 0.6 is 0 Å². The molecule has 1 heterocycles. The molecule has 2 aromatic carbocycles. The van der Waals surface area contributed by atoms with E-state index in [9.17, 15) is 4.79 Å². The van der Waals surface area contributed by atoms with E-state index >= 15 is 0 Å². The van der Waals surface area contributed by atoms with E-state index in [0.29, 0.717) is 23.8 Å². The van der Waals surface area contributed by atoms with Gasteiger partial charge in [-0.25, -0.2) is 4.79 Å². The maximum atomic E-state index is 10.6. The van der Waals surface area contributed by atoms with Crippen LogP contribution in [0.5, 0.6) is 5.75 Å². The molecule has 0 aliphatic rings. The molecule has 1 aromatic heterocycles. The fraction of sp³-hybridized carbons (Fsp3) is 0.105. The van der Waals surface area contributed by atoms with Crippen molar-refractivity contribution < 1.29 is 24.0 Å². The molecule has 8 nitrogen and oxygen atoms in total. The first-order valence-corrected chi connectivity index (χ1v) is 8.01. The monoisotopic (exact) mass is 367 g/mol. The molecular formula is C19H17N3O5. The summed E-state index contributed by atoms with van der Waals surface area (Å²) in [6, 6.07) is 16.5. The fourth-order valence-corrected chi connectivity index (χ4v) is 2.38. The Morgan fingerprint density at radius 1 is 1.19 bits per heavy atom. The molecule has 0 bridgehead atoms. The zero-order chi connectivity index (χ0) is 19.1. The zero-order valence-electron chi connectivity index (χ0n) is 14.2. The van der Waals surface area contributed by atoms with Crippen LogP contribution in [0.25, 0.3) is 11.3 Å². The van der Waals surface area contributed by atoms with Gasteiger partial charge in [0.15, 0.2) is 12.4 Å². The van der Waals surface area contributed by atoms with Gasteiger partial charge in [-0.1, -0.05) is 28.5 Å². The third-order valence-electron chi connectivity index (χ3n) is 3.63. The van der Waals surface area contributed by atoms with Crippen LogP contribution in [-0.4, -0.2) is 22.7 Å². The molecule has 0 unspecified atom stereocenters. The number of nitrogens with zero attached hydrogens (tertiary/aromatic N) is 2. The fourth-order valence-electron chi connectivity index (χ4n) is 2.38. The van der Waals surface area contributed by atoms with Crippen molar-refractivity contribution in [2.24, 2.45) is 10.9 Å². The average Bonchev–Trinajstić information content (AvgIpc) is 3.15. The first kappa shape index (κ1) is 18.0. The Labute approximate surface area is 154 Å². The molecule has 0 fully saturated rings. The van der Waals surface area contributed by atoms with Gasteiger partial charge in [0.05, 0.1) is 6.21 Å². The Morgan fingerprint density at radius 3 is 2.74 bits per heavy atom. The molecule has 0 aliphatic carbocycles. The van der Waals surface area contributed by atoms with Crippen molar-refractivity contribution in [2.75, 3.05) is 0 Å². The number of carbonyl (C=O) groups excluding carboxylic acids is 1. The molecule has 0 aliphatic heterocycles. The highest BCUT2D eigenvalue weighted by Crippen LogP contribution is 2.23. The standard InChI is InChI=1S/C19H17N3O5/c20-19(23)26-12-17-9-18(22-27-17)15-4-6-16(7-5-15)25-11-14-3-1-2-13(8-14)10-21-24/h1-10,24H,11-12H2,(H2,20,23)/b21-10+. The van der Waals surface area contributed by atoms with Crippen LogP contribution in [0.4, 0.5) is 4.79 Å². The van der Waals surface area contributed by atoms with Crippen molar-refractivity contribution in [1.29, 1.82) is 0 Å². The quantitative estimate of drug-likeness (QED) is 0.375. The van der Waals surface area contributed by atoms with E-state index in [2.05, 4.69) is 15.0 Å². The highest BCUT2D eigenvalue weighted by molar-refractivity contribution is 5.79. The molecule has 0 saturated heterocycles. The van der Waals surface area contributed by atoms with E-state index in [1.165, 1.54) is 6.21 Å². The van der Waals surface area contributed by atoms with Crippen molar-refractivity contribution in [2.45, 2.75) is 13.2 Å². The Morgan fingerprint density at radius 2 is 2.00 bits per heavy atom. The first-order chi connectivity index (χ1) is 13.1. The summed E-state index contributed by atoms with van der Waals surface area (Å²) in [5.41, 5.74) is 8.10. The van der Waals surface area contributed by atoms with Crippen LogP contribution in [0.15, 0.2) is 64.3 Å². The van der Waals surface area contributed by atoms with Crippen molar-refractivity contribution in [1.82, 2.24) is 5.16 Å². The minimum Gasteiger partial charge on any atom is -0.489 e. The zero-order valence-corrected chi connectivity index (χ0v) is 14.2. The van der Waals surface area contributed by atoms with Crippen molar-refractivity contribution >= 4 is 12.3 Å². The minimum absolute atomic E-state index is 0.0659. The third-order valence-corrected chi connectivity index (χ3v) is 3.63. The number of benzene rings is 2. The Balaban J connectivity index is 1.60. The van der Waals surface area contributed by atoms with Crippen LogP contribution in [0.3, 0.4) is 0 Å². The van der Waals surface area contributed by atoms with Crippen LogP contribution in [0.2, 0.25) is 0 Å². The van der Waals surface area contributed by atoms with Gasteiger partial charge in [-0.2, -0.15) is 0 Å². The molecule has 0 atom stereocenters. The predicted molar refractivity (Wildman–Crippen MR) is 96.5 cm³/mol. The summed E-state index contributed by atoms with van der Waals surface area (Å²) >= 11 is 0. The molecule has 0 spiro atoms. The van der Waals surface area contributed by atoms with E-state index in [0.717, 1.165) is 16.7 Å². The summed E-state index contributed by atoms with van der Waals surface area (Å²) in [5.74, 6) is 1.09. The Kier molecular flexibility index (Phi) is 5.68. The largest absolute Gasteiger partial charge is 0.489 e. The number of rotatable bonds is 7. The van der Waals surface area contributed by atoms with Gasteiger partial charge in [0.2, 0.25) is 0 Å². The highest BCUT2D eigenvalue weighted by Gasteiger charge is 2.08. The molecule has 0 radical (unpaired) electrons. The van der Waals surface area contributed by atoms with Gasteiger partial charge in [-0.15, -0.1) is 0 Å². The highest BCUT2D eigenvalue weighted by atomic mass is 16.6. The van der Waals surface area contributed by atoms with Crippen LogP contribution in [-0.2, 0) is 18.0 Å². The lowest BCUT2D eigenvalue weighted by Crippen LogP contribution is -2.12. The molecule has 0 saturated carbocycles. The second kappa shape index (κ2) is 8.52. The minimum atomic E-state index is -0.872. The van der Waals surface area contributed by atoms with Crippen LogP contribution in [0, 0.1) is 0 Å². The van der Waals surface area contributed by atoms with Gasteiger partial charge in [-0.05, 0) is 41.5 Å². The van der Waals surface area contributed by atoms with Gasteiger partial charge in [0, 0.05) is 11.6 Å². The van der Waals surface area contributed by atoms with Crippen molar-refractivity contribution in [3.05, 3.63) is 71.5 Å². The van der Waals surface area contributed by atoms with E-state index in [1.807, 2.05) is 48.5 Å². The van der Waals surface area contributed by atoms with Gasteiger partial charge in [-0.3, -0.25) is 0 Å². The predicted octanol–water partition coefficient (Wildman–Crippen LogP) is 3.32. The summed E-state index contributed by atoms with van der Waals surface area (Å²) < 4.78 is 15.5. The number of hydrogen-bond acceptors (Lipinski definition) is 7. The summed E-state index contributed by atoms with van der Waals surface area (Å²) in [5, 5.41) is 15.5. The number of nitrogens with two attached hydrogens (primary N) is 1. The van der Waals surface area contributed by atoms with Crippen molar-refractivity contribution in [3.8, 4) is 17.0 Å². The van der Waals surface area contributed by atoms with E-state index < -0.39 is 6.09 Å². The Bertz CT molecular complexity index is 935. The van der Waals surface area contributed by atoms with E-state index in [4.69, 9.17) is 20.2 Å². The number of carbonyl (C=O) groups is 1. The van der Waals surface area contributed by atoms with Crippen LogP contribution in [0.1, 0.15) is 16.9 Å². The number of hydrogen-bond donors (Lipinski definition) is 2. The Hall–Kier alpha value is -3.81. The molecule has 3 rings (SSSR count). The molecule has 1 amide bonds. The summed E-state index contributed by atoms with van der Waals surface area (Å²) in [6.45, 7) is 0.314. The number of primary amides is 1. The number of oxime groups is 1. The van der Waals surface area contributed by atoms with Gasteiger partial charge in [0.1, 0.15) is 18.1 Å². The SMILES string of the molecule is NC(=O)OCc1cc(-c2ccc(OCc3cccc(/C=N/O)c3)cc2)no1. The molecule has 3 N–H and O–H groups in total. The second-order valence-corrected chi connectivity index (χ2v) is 5.59. The maximum absolute atomic E-state index is 10.6. The topological polar surface area (TPSA) is 120 Å². The first-order valence-electron chi connectivity index (χ1n) is 8.01. The third kappa shape index (κ3) is 5.08. The molecular weight excluding hydrogens is 350 g/mol. The lowest BCUT2D eigenvalue weighted by atomic mass is 10.1. The summed E-state index contributed by atoms with van der Waals surface area (Å²) in [7, 11) is 0. The molecule has 138 valence electrons. The van der Waals surface area contributed by atoms with Crippen molar-refractivity contribution in [3.63, 3.8) is 0 Å². The molecule has 8 heteroatoms. The summed E-state index contributed by atoms with van der Waals surface area (Å²) in [4.78, 5) is 10.6. The van der Waals surface area contributed by atoms with Gasteiger partial charge < -0.3 is 24.9 Å². The van der Waals surface area contributed by atoms with Gasteiger partial charge in [0.25, 0.3) is 0 Å². The molecule has 3 aromatic rings.